The maximum absolute atomic E-state index is 6.03. The lowest BCUT2D eigenvalue weighted by molar-refractivity contribution is 0.188. The van der Waals surface area contributed by atoms with Crippen molar-refractivity contribution in [1.29, 1.82) is 0 Å². The van der Waals surface area contributed by atoms with Gasteiger partial charge in [-0.25, -0.2) is 0 Å². The molecule has 0 amide bonds. The molecule has 0 aliphatic rings. The minimum Gasteiger partial charge on any atom is -0.468 e. The maximum Gasteiger partial charge on any atom is 0.117 e. The Morgan fingerprint density at radius 2 is 2.00 bits per heavy atom. The Hall–Kier alpha value is -1.58. The summed E-state index contributed by atoms with van der Waals surface area (Å²) in [6.45, 7) is 8.78. The molecule has 0 radical (unpaired) electrons. The molecule has 1 heterocycles. The average molecular weight is 272 g/mol. The highest BCUT2D eigenvalue weighted by Crippen LogP contribution is 2.24. The Morgan fingerprint density at radius 3 is 2.55 bits per heavy atom. The number of furan rings is 1. The quantitative estimate of drug-likeness (QED) is 0.876. The van der Waals surface area contributed by atoms with E-state index in [1.54, 1.807) is 6.26 Å². The van der Waals surface area contributed by atoms with Gasteiger partial charge in [-0.15, -0.1) is 0 Å². The molecule has 2 rings (SSSR count). The molecule has 0 saturated heterocycles. The molecule has 20 heavy (non-hydrogen) atoms. The van der Waals surface area contributed by atoms with E-state index in [1.807, 2.05) is 12.1 Å². The Labute approximate surface area is 121 Å². The third kappa shape index (κ3) is 3.30. The van der Waals surface area contributed by atoms with Crippen molar-refractivity contribution in [3.8, 4) is 0 Å². The zero-order valence-corrected chi connectivity index (χ0v) is 12.6. The molecule has 0 bridgehead atoms. The fourth-order valence-electron chi connectivity index (χ4n) is 2.51. The molecule has 0 aliphatic heterocycles. The van der Waals surface area contributed by atoms with Gasteiger partial charge in [0.2, 0.25) is 0 Å². The van der Waals surface area contributed by atoms with Crippen LogP contribution in [-0.4, -0.2) is 18.0 Å². The summed E-state index contributed by atoms with van der Waals surface area (Å²) in [7, 11) is 0. The van der Waals surface area contributed by atoms with Crippen LogP contribution in [0.4, 0.5) is 0 Å². The molecule has 3 nitrogen and oxygen atoms in total. The van der Waals surface area contributed by atoms with Crippen LogP contribution in [0, 0.1) is 13.8 Å². The molecule has 0 fully saturated rings. The standard InChI is InChI=1S/C17H24N2O/c1-4-19(12-16-6-5-9-20-16)17(11-18)15-8-7-13(2)14(3)10-15/h5-10,17H,4,11-12,18H2,1-3H3. The van der Waals surface area contributed by atoms with Crippen LogP contribution in [0.5, 0.6) is 0 Å². The van der Waals surface area contributed by atoms with Crippen molar-refractivity contribution in [3.05, 3.63) is 59.0 Å². The normalized spacial score (nSPS) is 12.8. The molecule has 0 spiro atoms. The smallest absolute Gasteiger partial charge is 0.117 e. The summed E-state index contributed by atoms with van der Waals surface area (Å²) in [5.41, 5.74) is 9.94. The minimum absolute atomic E-state index is 0.226. The number of likely N-dealkylation sites (N-methyl/N-ethyl adjacent to an activating group) is 1. The van der Waals surface area contributed by atoms with Gasteiger partial charge < -0.3 is 10.2 Å². The van der Waals surface area contributed by atoms with E-state index in [-0.39, 0.29) is 6.04 Å². The molecule has 2 aromatic rings. The zero-order chi connectivity index (χ0) is 14.5. The first kappa shape index (κ1) is 14.8. The Bertz CT molecular complexity index is 534. The van der Waals surface area contributed by atoms with Gasteiger partial charge in [0, 0.05) is 12.6 Å². The summed E-state index contributed by atoms with van der Waals surface area (Å²) in [6.07, 6.45) is 1.72. The molecule has 108 valence electrons. The number of benzene rings is 1. The van der Waals surface area contributed by atoms with Crippen molar-refractivity contribution in [2.75, 3.05) is 13.1 Å². The van der Waals surface area contributed by atoms with Gasteiger partial charge in [0.25, 0.3) is 0 Å². The van der Waals surface area contributed by atoms with Crippen molar-refractivity contribution < 1.29 is 4.42 Å². The van der Waals surface area contributed by atoms with Gasteiger partial charge in [-0.3, -0.25) is 4.90 Å². The van der Waals surface area contributed by atoms with Gasteiger partial charge in [-0.2, -0.15) is 0 Å². The number of rotatable bonds is 6. The van der Waals surface area contributed by atoms with Crippen LogP contribution in [0.1, 0.15) is 35.4 Å². The first-order chi connectivity index (χ1) is 9.65. The van der Waals surface area contributed by atoms with Gasteiger partial charge in [0.05, 0.1) is 12.8 Å². The second kappa shape index (κ2) is 6.73. The van der Waals surface area contributed by atoms with Crippen LogP contribution in [0.2, 0.25) is 0 Å². The minimum atomic E-state index is 0.226. The molecule has 1 unspecified atom stereocenters. The summed E-state index contributed by atoms with van der Waals surface area (Å²) in [6, 6.07) is 10.8. The third-order valence-electron chi connectivity index (χ3n) is 3.92. The van der Waals surface area contributed by atoms with Crippen LogP contribution in [0.25, 0.3) is 0 Å². The van der Waals surface area contributed by atoms with Gasteiger partial charge in [0.1, 0.15) is 5.76 Å². The summed E-state index contributed by atoms with van der Waals surface area (Å²) in [5, 5.41) is 0. The van der Waals surface area contributed by atoms with Crippen molar-refractivity contribution in [2.45, 2.75) is 33.4 Å². The van der Waals surface area contributed by atoms with Gasteiger partial charge in [-0.05, 0) is 49.2 Å². The van der Waals surface area contributed by atoms with Crippen LogP contribution < -0.4 is 5.73 Å². The number of hydrogen-bond acceptors (Lipinski definition) is 3. The van der Waals surface area contributed by atoms with E-state index in [1.165, 1.54) is 16.7 Å². The predicted molar refractivity (Wildman–Crippen MR) is 82.5 cm³/mol. The maximum atomic E-state index is 6.03. The van der Waals surface area contributed by atoms with E-state index >= 15 is 0 Å². The number of nitrogens with zero attached hydrogens (tertiary/aromatic N) is 1. The summed E-state index contributed by atoms with van der Waals surface area (Å²) < 4.78 is 5.46. The molecular weight excluding hydrogens is 248 g/mol. The van der Waals surface area contributed by atoms with E-state index < -0.39 is 0 Å². The first-order valence-corrected chi connectivity index (χ1v) is 7.19. The van der Waals surface area contributed by atoms with Crippen molar-refractivity contribution in [2.24, 2.45) is 5.73 Å². The highest BCUT2D eigenvalue weighted by Gasteiger charge is 2.19. The van der Waals surface area contributed by atoms with Crippen molar-refractivity contribution in [3.63, 3.8) is 0 Å². The monoisotopic (exact) mass is 272 g/mol. The third-order valence-corrected chi connectivity index (χ3v) is 3.92. The highest BCUT2D eigenvalue weighted by atomic mass is 16.3. The van der Waals surface area contributed by atoms with Gasteiger partial charge in [0.15, 0.2) is 0 Å². The van der Waals surface area contributed by atoms with E-state index in [2.05, 4.69) is 43.9 Å². The van der Waals surface area contributed by atoms with Crippen LogP contribution in [0.3, 0.4) is 0 Å². The lowest BCUT2D eigenvalue weighted by atomic mass is 10.00. The summed E-state index contributed by atoms with van der Waals surface area (Å²) in [4.78, 5) is 2.35. The van der Waals surface area contributed by atoms with Crippen molar-refractivity contribution in [1.82, 2.24) is 4.90 Å². The second-order valence-electron chi connectivity index (χ2n) is 5.24. The van der Waals surface area contributed by atoms with Crippen LogP contribution >= 0.6 is 0 Å². The van der Waals surface area contributed by atoms with E-state index in [0.29, 0.717) is 6.54 Å². The topological polar surface area (TPSA) is 42.4 Å². The van der Waals surface area contributed by atoms with Gasteiger partial charge in [-0.1, -0.05) is 25.1 Å². The first-order valence-electron chi connectivity index (χ1n) is 7.19. The number of aryl methyl sites for hydroxylation is 2. The molecular formula is C17H24N2O. The summed E-state index contributed by atoms with van der Waals surface area (Å²) in [5.74, 6) is 0.981. The predicted octanol–water partition coefficient (Wildman–Crippen LogP) is 3.42. The van der Waals surface area contributed by atoms with Crippen LogP contribution in [0.15, 0.2) is 41.0 Å². The second-order valence-corrected chi connectivity index (χ2v) is 5.24. The molecule has 1 atom stereocenters. The van der Waals surface area contributed by atoms with Gasteiger partial charge >= 0.3 is 0 Å². The number of hydrogen-bond donors (Lipinski definition) is 1. The molecule has 0 saturated carbocycles. The Balaban J connectivity index is 2.21. The fourth-order valence-corrected chi connectivity index (χ4v) is 2.51. The molecule has 3 heteroatoms. The van der Waals surface area contributed by atoms with E-state index in [0.717, 1.165) is 18.8 Å². The SMILES string of the molecule is CCN(Cc1ccco1)C(CN)c1ccc(C)c(C)c1. The largest absolute Gasteiger partial charge is 0.468 e. The molecule has 1 aromatic heterocycles. The lowest BCUT2D eigenvalue weighted by Crippen LogP contribution is -2.33. The Kier molecular flexibility index (Phi) is 4.99. The fraction of sp³-hybridized carbons (Fsp3) is 0.412. The van der Waals surface area contributed by atoms with E-state index in [4.69, 9.17) is 10.2 Å². The molecule has 1 aromatic carbocycles. The zero-order valence-electron chi connectivity index (χ0n) is 12.6. The average Bonchev–Trinajstić information content (AvgIpc) is 2.95. The molecule has 0 aliphatic carbocycles. The van der Waals surface area contributed by atoms with E-state index in [9.17, 15) is 0 Å². The lowest BCUT2D eigenvalue weighted by Gasteiger charge is -2.29. The molecule has 2 N–H and O–H groups in total. The summed E-state index contributed by atoms with van der Waals surface area (Å²) >= 11 is 0. The number of nitrogens with two attached hydrogens (primary N) is 1. The van der Waals surface area contributed by atoms with Crippen LogP contribution in [-0.2, 0) is 6.54 Å². The highest BCUT2D eigenvalue weighted by molar-refractivity contribution is 5.32. The Morgan fingerprint density at radius 1 is 1.20 bits per heavy atom. The van der Waals surface area contributed by atoms with Crippen molar-refractivity contribution >= 4 is 0 Å².